The van der Waals surface area contributed by atoms with Crippen molar-refractivity contribution in [2.24, 2.45) is 0 Å². The third-order valence-electron chi connectivity index (χ3n) is 9.01. The topological polar surface area (TPSA) is 162 Å². The third kappa shape index (κ3) is 7.22. The summed E-state index contributed by atoms with van der Waals surface area (Å²) in [6, 6.07) is 34.9. The van der Waals surface area contributed by atoms with Crippen molar-refractivity contribution in [3.63, 3.8) is 0 Å². The number of aromatic hydroxyl groups is 1. The molecule has 10 nitrogen and oxygen atoms in total. The molecule has 0 fully saturated rings. The molecule has 0 aliphatic heterocycles. The van der Waals surface area contributed by atoms with Crippen LogP contribution in [0, 0.1) is 13.8 Å². The molecule has 278 valence electrons. The lowest BCUT2D eigenvalue weighted by Gasteiger charge is -2.22. The van der Waals surface area contributed by atoms with Crippen LogP contribution in [-0.2, 0) is 10.0 Å². The number of nitrogen functional groups attached to an aromatic ring is 1. The minimum atomic E-state index is -3.29. The summed E-state index contributed by atoms with van der Waals surface area (Å²) in [4.78, 5) is 35.3. The molecular formula is C43H32N4O6S3. The maximum atomic E-state index is 12.9. The van der Waals surface area contributed by atoms with Gasteiger partial charge in [0.25, 0.3) is 0 Å². The smallest absolute Gasteiger partial charge is 0.229 e. The number of hydrogen-bond acceptors (Lipinski definition) is 11. The van der Waals surface area contributed by atoms with Crippen LogP contribution in [0.15, 0.2) is 115 Å². The molecule has 13 heteroatoms. The van der Waals surface area contributed by atoms with Crippen molar-refractivity contribution in [3.05, 3.63) is 149 Å². The number of carbonyl (C=O) groups excluding carboxylic acids is 2. The van der Waals surface area contributed by atoms with Crippen molar-refractivity contribution in [1.29, 1.82) is 0 Å². The average molecular weight is 797 g/mol. The number of ketones is 2. The molecule has 0 bridgehead atoms. The number of ether oxygens (including phenoxy) is 1. The molecule has 0 spiro atoms. The number of carbonyl (C=O) groups is 2. The Morgan fingerprint density at radius 1 is 0.679 bits per heavy atom. The normalized spacial score (nSPS) is 12.2. The first-order chi connectivity index (χ1) is 26.8. The number of benzene rings is 6. The van der Waals surface area contributed by atoms with Crippen molar-refractivity contribution < 1.29 is 27.9 Å². The zero-order valence-corrected chi connectivity index (χ0v) is 32.6. The maximum absolute atomic E-state index is 12.9. The van der Waals surface area contributed by atoms with Crippen LogP contribution in [0.25, 0.3) is 41.6 Å². The molecule has 9 rings (SSSR count). The van der Waals surface area contributed by atoms with Gasteiger partial charge in [0.05, 0.1) is 43.5 Å². The van der Waals surface area contributed by atoms with Gasteiger partial charge in [-0.25, -0.2) is 18.4 Å². The number of anilines is 2. The molecule has 0 radical (unpaired) electrons. The minimum Gasteiger partial charge on any atom is -0.507 e. The van der Waals surface area contributed by atoms with Crippen LogP contribution in [-0.4, -0.2) is 41.3 Å². The van der Waals surface area contributed by atoms with E-state index in [0.29, 0.717) is 11.4 Å². The van der Waals surface area contributed by atoms with Crippen molar-refractivity contribution in [2.45, 2.75) is 13.8 Å². The number of sulfonamides is 1. The number of phenolic OH excluding ortho intramolecular Hbond substituents is 1. The van der Waals surface area contributed by atoms with E-state index in [-0.39, 0.29) is 39.4 Å². The van der Waals surface area contributed by atoms with Gasteiger partial charge in [-0.1, -0.05) is 42.0 Å². The second kappa shape index (κ2) is 14.3. The van der Waals surface area contributed by atoms with E-state index >= 15 is 0 Å². The van der Waals surface area contributed by atoms with Gasteiger partial charge in [-0.2, -0.15) is 0 Å². The van der Waals surface area contributed by atoms with Crippen molar-refractivity contribution in [1.82, 2.24) is 9.97 Å². The molecule has 56 heavy (non-hydrogen) atoms. The summed E-state index contributed by atoms with van der Waals surface area (Å²) < 4.78 is 33.2. The second-order valence-electron chi connectivity index (χ2n) is 13.3. The largest absolute Gasteiger partial charge is 0.507 e. The average Bonchev–Trinajstić information content (AvgIpc) is 3.79. The van der Waals surface area contributed by atoms with Gasteiger partial charge in [0.15, 0.2) is 17.3 Å². The zero-order chi connectivity index (χ0) is 39.3. The Balaban J connectivity index is 0.000000159. The van der Waals surface area contributed by atoms with Crippen LogP contribution in [0.4, 0.5) is 11.4 Å². The molecule has 4 N–H and O–H groups in total. The first kappa shape index (κ1) is 36.6. The molecule has 0 saturated heterocycles. The van der Waals surface area contributed by atoms with E-state index in [0.717, 1.165) is 48.7 Å². The molecule has 0 saturated carbocycles. The second-order valence-corrected chi connectivity index (χ2v) is 17.1. The number of para-hydroxylation sites is 1. The Kier molecular flexibility index (Phi) is 9.36. The first-order valence-corrected chi connectivity index (χ1v) is 20.8. The summed E-state index contributed by atoms with van der Waals surface area (Å²) >= 11 is 3.31. The number of nitrogens with one attached hydrogen (secondary N) is 1. The van der Waals surface area contributed by atoms with Gasteiger partial charge < -0.3 is 15.6 Å². The SMILES string of the molecule is Cc1ccc2c(c1)C(=O)c1c(O)cc(Oc3ccccc3)c(N)c1C2=O.Cc1ccc2nc(-c3ccc4nc(-c5ccc(NS(C)(=O)=O)cc5)sc4c3)sc2c1. The summed E-state index contributed by atoms with van der Waals surface area (Å²) in [6.45, 7) is 3.92. The standard InChI is InChI=1S/C22H17N3O2S3.C21H15NO4/c1-13-3-9-17-19(11-13)28-22(24-17)15-6-10-18-20(12-15)29-21(23-18)14-4-7-16(8-5-14)25-30(2,26)27;1-11-7-8-13-14(9-11)21(25)17-15(23)10-16(19(22)18(17)20(13)24)26-12-5-3-2-4-6-12/h3-12,25H,1-2H3;2-10,23H,22H2,1H3. The lowest BCUT2D eigenvalue weighted by Crippen LogP contribution is -2.23. The number of nitrogens with zero attached hydrogens (tertiary/aromatic N) is 2. The van der Waals surface area contributed by atoms with Crippen LogP contribution in [0.5, 0.6) is 17.2 Å². The number of aryl methyl sites for hydroxylation is 2. The summed E-state index contributed by atoms with van der Waals surface area (Å²) in [7, 11) is -3.29. The number of fused-ring (bicyclic) bond motifs is 4. The fourth-order valence-electron chi connectivity index (χ4n) is 6.37. The maximum Gasteiger partial charge on any atom is 0.229 e. The van der Waals surface area contributed by atoms with Gasteiger partial charge in [-0.15, -0.1) is 22.7 Å². The van der Waals surface area contributed by atoms with Crippen molar-refractivity contribution in [3.8, 4) is 38.4 Å². The molecule has 1 aliphatic carbocycles. The Morgan fingerprint density at radius 3 is 1.96 bits per heavy atom. The molecule has 0 amide bonds. The molecular weight excluding hydrogens is 765 g/mol. The number of phenols is 1. The Bertz CT molecular complexity index is 2980. The summed E-state index contributed by atoms with van der Waals surface area (Å²) in [5.41, 5.74) is 13.3. The molecule has 1 aliphatic rings. The van der Waals surface area contributed by atoms with Crippen LogP contribution in [0.2, 0.25) is 0 Å². The van der Waals surface area contributed by atoms with Crippen LogP contribution < -0.4 is 15.2 Å². The fraction of sp³-hybridized carbons (Fsp3) is 0.0698. The molecule has 6 aromatic carbocycles. The molecule has 2 aromatic heterocycles. The summed E-state index contributed by atoms with van der Waals surface area (Å²) in [5.74, 6) is -0.520. The van der Waals surface area contributed by atoms with Gasteiger partial charge in [0, 0.05) is 34.0 Å². The quantitative estimate of drug-likeness (QED) is 0.110. The monoisotopic (exact) mass is 796 g/mol. The predicted octanol–water partition coefficient (Wildman–Crippen LogP) is 9.77. The van der Waals surface area contributed by atoms with Crippen molar-refractivity contribution in [2.75, 3.05) is 16.7 Å². The number of nitrogens with two attached hydrogens (primary N) is 1. The molecule has 0 atom stereocenters. The number of aromatic nitrogens is 2. The van der Waals surface area contributed by atoms with E-state index in [1.807, 2.05) is 31.2 Å². The highest BCUT2D eigenvalue weighted by Crippen LogP contribution is 2.43. The van der Waals surface area contributed by atoms with E-state index in [2.05, 4.69) is 42.0 Å². The van der Waals surface area contributed by atoms with Gasteiger partial charge >= 0.3 is 0 Å². The van der Waals surface area contributed by atoms with E-state index in [4.69, 9.17) is 20.4 Å². The summed E-state index contributed by atoms with van der Waals surface area (Å²) in [6.07, 6.45) is 1.14. The first-order valence-electron chi connectivity index (χ1n) is 17.3. The van der Waals surface area contributed by atoms with E-state index in [1.54, 1.807) is 77.3 Å². The zero-order valence-electron chi connectivity index (χ0n) is 30.2. The van der Waals surface area contributed by atoms with E-state index < -0.39 is 21.6 Å². The number of rotatable bonds is 6. The van der Waals surface area contributed by atoms with Gasteiger partial charge in [0.2, 0.25) is 10.0 Å². The lowest BCUT2D eigenvalue weighted by molar-refractivity contribution is 0.0977. The highest BCUT2D eigenvalue weighted by atomic mass is 32.2. The number of thiazole rings is 2. The molecule has 0 unspecified atom stereocenters. The number of hydrogen-bond donors (Lipinski definition) is 3. The Morgan fingerprint density at radius 2 is 1.27 bits per heavy atom. The highest BCUT2D eigenvalue weighted by molar-refractivity contribution is 7.92. The third-order valence-corrected chi connectivity index (χ3v) is 11.8. The lowest BCUT2D eigenvalue weighted by atomic mass is 9.82. The van der Waals surface area contributed by atoms with Gasteiger partial charge in [0.1, 0.15) is 21.5 Å². The minimum absolute atomic E-state index is 0.0164. The van der Waals surface area contributed by atoms with Crippen LogP contribution in [0.1, 0.15) is 43.0 Å². The molecule has 8 aromatic rings. The van der Waals surface area contributed by atoms with Crippen LogP contribution >= 0.6 is 22.7 Å². The fourth-order valence-corrected chi connectivity index (χ4v) is 9.01. The highest BCUT2D eigenvalue weighted by Gasteiger charge is 2.35. The van der Waals surface area contributed by atoms with Gasteiger partial charge in [-0.3, -0.25) is 14.3 Å². The van der Waals surface area contributed by atoms with E-state index in [1.165, 1.54) is 16.3 Å². The van der Waals surface area contributed by atoms with Gasteiger partial charge in [-0.05, 0) is 92.2 Å². The predicted molar refractivity (Wildman–Crippen MR) is 224 cm³/mol. The van der Waals surface area contributed by atoms with Crippen LogP contribution in [0.3, 0.4) is 0 Å². The Labute approximate surface area is 330 Å². The Hall–Kier alpha value is -6.41. The molecule has 2 heterocycles. The summed E-state index contributed by atoms with van der Waals surface area (Å²) in [5, 5.41) is 12.3. The van der Waals surface area contributed by atoms with E-state index in [9.17, 15) is 23.1 Å². The van der Waals surface area contributed by atoms with Crippen molar-refractivity contribution >= 4 is 76.1 Å².